The van der Waals surface area contributed by atoms with E-state index in [1.165, 1.54) is 14.2 Å². The molecule has 7 heteroatoms. The first-order valence-corrected chi connectivity index (χ1v) is 4.92. The summed E-state index contributed by atoms with van der Waals surface area (Å²) in [6, 6.07) is 3.52. The average Bonchev–Trinajstić information content (AvgIpc) is 2.25. The van der Waals surface area contributed by atoms with Crippen molar-refractivity contribution in [2.75, 3.05) is 14.2 Å². The van der Waals surface area contributed by atoms with Crippen LogP contribution in [0.5, 0.6) is 11.5 Å². The summed E-state index contributed by atoms with van der Waals surface area (Å²) in [5.74, 6) is 0.585. The first-order chi connectivity index (χ1) is 7.89. The molecule has 0 aromatic heterocycles. The van der Waals surface area contributed by atoms with Crippen LogP contribution >= 0.6 is 12.4 Å². The summed E-state index contributed by atoms with van der Waals surface area (Å²) in [6.07, 6.45) is -5.45. The maximum absolute atomic E-state index is 12.3. The first kappa shape index (κ1) is 16.9. The van der Waals surface area contributed by atoms with Gasteiger partial charge in [-0.2, -0.15) is 13.2 Å². The van der Waals surface area contributed by atoms with Gasteiger partial charge in [0.1, 0.15) is 11.5 Å². The molecular formula is C11H15ClF3NO2. The van der Waals surface area contributed by atoms with Crippen molar-refractivity contribution in [3.8, 4) is 11.5 Å². The second-order valence-electron chi connectivity index (χ2n) is 3.50. The van der Waals surface area contributed by atoms with E-state index in [1.54, 1.807) is 18.2 Å². The summed E-state index contributed by atoms with van der Waals surface area (Å²) in [5.41, 5.74) is 5.79. The highest BCUT2D eigenvalue weighted by molar-refractivity contribution is 5.85. The van der Waals surface area contributed by atoms with E-state index in [4.69, 9.17) is 15.2 Å². The standard InChI is InChI=1S/C11H14F3NO2.ClH/c1-16-8-4-3-5-9(17-2)10(8)7(15)6-11(12,13)14;/h3-5,7H,6,15H2,1-2H3;1H/t7-;/m1./s1. The highest BCUT2D eigenvalue weighted by Crippen LogP contribution is 2.37. The van der Waals surface area contributed by atoms with Crippen LogP contribution in [0.1, 0.15) is 18.0 Å². The Labute approximate surface area is 109 Å². The number of hydrogen-bond acceptors (Lipinski definition) is 3. The van der Waals surface area contributed by atoms with E-state index < -0.39 is 18.6 Å². The van der Waals surface area contributed by atoms with Crippen molar-refractivity contribution < 1.29 is 22.6 Å². The van der Waals surface area contributed by atoms with Gasteiger partial charge in [0.15, 0.2) is 0 Å². The molecule has 0 aliphatic heterocycles. The third kappa shape index (κ3) is 4.27. The predicted octanol–water partition coefficient (Wildman–Crippen LogP) is 3.08. The van der Waals surface area contributed by atoms with Gasteiger partial charge in [0.25, 0.3) is 0 Å². The molecule has 0 aliphatic carbocycles. The molecule has 104 valence electrons. The fourth-order valence-corrected chi connectivity index (χ4v) is 1.60. The van der Waals surface area contributed by atoms with E-state index in [0.717, 1.165) is 0 Å². The van der Waals surface area contributed by atoms with Crippen LogP contribution in [0.4, 0.5) is 13.2 Å². The number of nitrogens with two attached hydrogens (primary N) is 1. The molecule has 1 atom stereocenters. The van der Waals surface area contributed by atoms with Crippen molar-refractivity contribution in [3.63, 3.8) is 0 Å². The van der Waals surface area contributed by atoms with Gasteiger partial charge < -0.3 is 15.2 Å². The summed E-state index contributed by atoms with van der Waals surface area (Å²) in [4.78, 5) is 0. The van der Waals surface area contributed by atoms with Crippen LogP contribution in [0.25, 0.3) is 0 Å². The van der Waals surface area contributed by atoms with Crippen molar-refractivity contribution >= 4 is 12.4 Å². The third-order valence-electron chi connectivity index (χ3n) is 2.29. The Hall–Kier alpha value is -1.14. The molecule has 0 aliphatic rings. The van der Waals surface area contributed by atoms with Crippen molar-refractivity contribution in [2.24, 2.45) is 5.73 Å². The molecule has 1 aromatic rings. The lowest BCUT2D eigenvalue weighted by atomic mass is 10.0. The monoisotopic (exact) mass is 285 g/mol. The highest BCUT2D eigenvalue weighted by atomic mass is 35.5. The number of ether oxygens (including phenoxy) is 2. The molecule has 2 N–H and O–H groups in total. The number of benzene rings is 1. The molecule has 0 spiro atoms. The summed E-state index contributed by atoms with van der Waals surface area (Å²) in [7, 11) is 2.75. The Morgan fingerprint density at radius 3 is 1.94 bits per heavy atom. The van der Waals surface area contributed by atoms with Gasteiger partial charge in [-0.25, -0.2) is 0 Å². The van der Waals surface area contributed by atoms with Gasteiger partial charge in [0, 0.05) is 6.04 Å². The Kier molecular flexibility index (Phi) is 6.28. The minimum Gasteiger partial charge on any atom is -0.496 e. The van der Waals surface area contributed by atoms with Crippen LogP contribution in [-0.4, -0.2) is 20.4 Å². The van der Waals surface area contributed by atoms with E-state index >= 15 is 0 Å². The van der Waals surface area contributed by atoms with Gasteiger partial charge in [-0.1, -0.05) is 6.07 Å². The van der Waals surface area contributed by atoms with E-state index in [9.17, 15) is 13.2 Å². The van der Waals surface area contributed by atoms with Gasteiger partial charge in [0.05, 0.1) is 26.2 Å². The van der Waals surface area contributed by atoms with Crippen LogP contribution in [0.15, 0.2) is 18.2 Å². The number of rotatable bonds is 4. The van der Waals surface area contributed by atoms with Gasteiger partial charge in [0.2, 0.25) is 0 Å². The molecule has 3 nitrogen and oxygen atoms in total. The van der Waals surface area contributed by atoms with Crippen LogP contribution in [0.2, 0.25) is 0 Å². The smallest absolute Gasteiger partial charge is 0.390 e. The number of methoxy groups -OCH3 is 2. The minimum atomic E-state index is -4.33. The minimum absolute atomic E-state index is 0. The number of alkyl halides is 3. The molecule has 0 radical (unpaired) electrons. The van der Waals surface area contributed by atoms with E-state index in [0.29, 0.717) is 11.5 Å². The van der Waals surface area contributed by atoms with Gasteiger partial charge >= 0.3 is 6.18 Å². The average molecular weight is 286 g/mol. The molecule has 1 rings (SSSR count). The maximum atomic E-state index is 12.3. The molecule has 0 saturated carbocycles. The van der Waals surface area contributed by atoms with Crippen LogP contribution in [0.3, 0.4) is 0 Å². The van der Waals surface area contributed by atoms with E-state index in [2.05, 4.69) is 0 Å². The van der Waals surface area contributed by atoms with Crippen LogP contribution < -0.4 is 15.2 Å². The lowest BCUT2D eigenvalue weighted by molar-refractivity contribution is -0.138. The van der Waals surface area contributed by atoms with Crippen molar-refractivity contribution in [2.45, 2.75) is 18.6 Å². The van der Waals surface area contributed by atoms with Gasteiger partial charge in [-0.15, -0.1) is 12.4 Å². The Morgan fingerprint density at radius 1 is 1.17 bits per heavy atom. The predicted molar refractivity (Wildman–Crippen MR) is 64.4 cm³/mol. The SMILES string of the molecule is COc1cccc(OC)c1[C@H](N)CC(F)(F)F.Cl. The molecular weight excluding hydrogens is 271 g/mol. The lowest BCUT2D eigenvalue weighted by Gasteiger charge is -2.19. The van der Waals surface area contributed by atoms with E-state index in [-0.39, 0.29) is 18.0 Å². The lowest BCUT2D eigenvalue weighted by Crippen LogP contribution is -2.21. The fraction of sp³-hybridized carbons (Fsp3) is 0.455. The van der Waals surface area contributed by atoms with Crippen molar-refractivity contribution in [3.05, 3.63) is 23.8 Å². The molecule has 18 heavy (non-hydrogen) atoms. The second kappa shape index (κ2) is 6.70. The zero-order valence-corrected chi connectivity index (χ0v) is 10.8. The summed E-state index contributed by atoms with van der Waals surface area (Å²) < 4.78 is 46.9. The Morgan fingerprint density at radius 2 is 1.61 bits per heavy atom. The summed E-state index contributed by atoms with van der Waals surface area (Å²) in [5, 5.41) is 0. The summed E-state index contributed by atoms with van der Waals surface area (Å²) >= 11 is 0. The number of halogens is 4. The normalized spacial score (nSPS) is 12.6. The summed E-state index contributed by atoms with van der Waals surface area (Å²) in [6.45, 7) is 0. The maximum Gasteiger partial charge on any atom is 0.390 e. The number of hydrogen-bond donors (Lipinski definition) is 1. The Bertz CT molecular complexity index is 363. The van der Waals surface area contributed by atoms with Crippen molar-refractivity contribution in [1.82, 2.24) is 0 Å². The molecule has 0 fully saturated rings. The Balaban J connectivity index is 0.00000289. The first-order valence-electron chi connectivity index (χ1n) is 4.92. The van der Waals surface area contributed by atoms with Gasteiger partial charge in [-0.3, -0.25) is 0 Å². The second-order valence-corrected chi connectivity index (χ2v) is 3.50. The van der Waals surface area contributed by atoms with Gasteiger partial charge in [-0.05, 0) is 12.1 Å². The van der Waals surface area contributed by atoms with Crippen molar-refractivity contribution in [1.29, 1.82) is 0 Å². The van der Waals surface area contributed by atoms with Crippen LogP contribution in [0, 0.1) is 0 Å². The highest BCUT2D eigenvalue weighted by Gasteiger charge is 2.33. The zero-order valence-electron chi connectivity index (χ0n) is 9.95. The molecule has 0 bridgehead atoms. The van der Waals surface area contributed by atoms with E-state index in [1.807, 2.05) is 0 Å². The third-order valence-corrected chi connectivity index (χ3v) is 2.29. The largest absolute Gasteiger partial charge is 0.496 e. The zero-order chi connectivity index (χ0) is 13.1. The molecule has 0 saturated heterocycles. The molecule has 0 unspecified atom stereocenters. The quantitative estimate of drug-likeness (QED) is 0.924. The topological polar surface area (TPSA) is 44.5 Å². The molecule has 0 heterocycles. The molecule has 0 amide bonds. The molecule has 1 aromatic carbocycles. The van der Waals surface area contributed by atoms with Crippen LogP contribution in [-0.2, 0) is 0 Å². The fourth-order valence-electron chi connectivity index (χ4n) is 1.60.